The van der Waals surface area contributed by atoms with Gasteiger partial charge >= 0.3 is 12.1 Å². The fourth-order valence-electron chi connectivity index (χ4n) is 3.20. The van der Waals surface area contributed by atoms with Gasteiger partial charge < -0.3 is 14.2 Å². The minimum atomic E-state index is -4.53. The van der Waals surface area contributed by atoms with E-state index in [2.05, 4.69) is 20.9 Å². The fraction of sp³-hybridized carbons (Fsp3) is 0.273. The Bertz CT molecular complexity index is 1150. The van der Waals surface area contributed by atoms with Crippen molar-refractivity contribution in [2.75, 3.05) is 27.4 Å². The Balaban J connectivity index is 2.30. The van der Waals surface area contributed by atoms with E-state index < -0.39 is 17.7 Å². The molecular formula is C22H18BrClF3NO4. The summed E-state index contributed by atoms with van der Waals surface area (Å²) in [7, 11) is 2.75. The van der Waals surface area contributed by atoms with Gasteiger partial charge in [-0.1, -0.05) is 39.7 Å². The van der Waals surface area contributed by atoms with E-state index in [9.17, 15) is 18.0 Å². The Kier molecular flexibility index (Phi) is 7.63. The number of hydrogen-bond donors (Lipinski definition) is 0. The van der Waals surface area contributed by atoms with E-state index in [0.717, 1.165) is 12.1 Å². The van der Waals surface area contributed by atoms with Crippen LogP contribution in [0.15, 0.2) is 36.4 Å². The molecule has 0 aliphatic heterocycles. The van der Waals surface area contributed by atoms with Gasteiger partial charge in [-0.25, -0.2) is 9.78 Å². The molecule has 10 heteroatoms. The molecule has 2 aromatic carbocycles. The quantitative estimate of drug-likeness (QED) is 0.204. The van der Waals surface area contributed by atoms with Gasteiger partial charge in [0.25, 0.3) is 0 Å². The summed E-state index contributed by atoms with van der Waals surface area (Å²) in [6.45, 7) is 0.554. The summed E-state index contributed by atoms with van der Waals surface area (Å²) in [6.07, 6.45) is -4.53. The Morgan fingerprint density at radius 1 is 1.16 bits per heavy atom. The molecule has 0 atom stereocenters. The number of nitrogens with zero attached hydrogens (tertiary/aromatic N) is 1. The van der Waals surface area contributed by atoms with Crippen molar-refractivity contribution in [2.24, 2.45) is 0 Å². The van der Waals surface area contributed by atoms with Crippen LogP contribution in [0.4, 0.5) is 13.2 Å². The van der Waals surface area contributed by atoms with E-state index >= 15 is 0 Å². The molecule has 0 aliphatic rings. The van der Waals surface area contributed by atoms with Gasteiger partial charge in [0.1, 0.15) is 12.4 Å². The van der Waals surface area contributed by atoms with Crippen molar-refractivity contribution in [1.82, 2.24) is 4.98 Å². The van der Waals surface area contributed by atoms with Crippen molar-refractivity contribution < 1.29 is 32.2 Å². The summed E-state index contributed by atoms with van der Waals surface area (Å²) in [6, 6.07) is 7.83. The number of halogens is 5. The number of rotatable bonds is 7. The van der Waals surface area contributed by atoms with Crippen LogP contribution < -0.4 is 4.74 Å². The van der Waals surface area contributed by atoms with Crippen LogP contribution >= 0.6 is 27.5 Å². The lowest BCUT2D eigenvalue weighted by Gasteiger charge is -2.17. The molecule has 0 radical (unpaired) electrons. The van der Waals surface area contributed by atoms with Crippen LogP contribution in [0.3, 0.4) is 0 Å². The van der Waals surface area contributed by atoms with Crippen LogP contribution in [0.2, 0.25) is 5.02 Å². The van der Waals surface area contributed by atoms with Crippen LogP contribution in [0, 0.1) is 0 Å². The van der Waals surface area contributed by atoms with Gasteiger partial charge in [0.15, 0.2) is 0 Å². The second-order valence-electron chi connectivity index (χ2n) is 6.66. The SMILES string of the molecule is COCCOc1cc2nc(-c3cccc(C(F)(F)F)c3)c(CBr)c(C(=O)OC)c2cc1Cl. The van der Waals surface area contributed by atoms with Crippen LogP contribution in [-0.4, -0.2) is 38.4 Å². The van der Waals surface area contributed by atoms with Crippen molar-refractivity contribution in [3.8, 4) is 17.0 Å². The molecule has 5 nitrogen and oxygen atoms in total. The number of ether oxygens (including phenoxy) is 3. The first kappa shape index (κ1) is 24.3. The molecule has 1 heterocycles. The van der Waals surface area contributed by atoms with Crippen molar-refractivity contribution >= 4 is 44.4 Å². The fourth-order valence-corrected chi connectivity index (χ4v) is 3.96. The Morgan fingerprint density at radius 2 is 1.91 bits per heavy atom. The van der Waals surface area contributed by atoms with E-state index in [1.165, 1.54) is 38.5 Å². The number of hydrogen-bond acceptors (Lipinski definition) is 5. The number of aromatic nitrogens is 1. The third-order valence-corrected chi connectivity index (χ3v) is 5.53. The molecule has 0 bridgehead atoms. The molecule has 0 saturated heterocycles. The van der Waals surface area contributed by atoms with Gasteiger partial charge in [-0.2, -0.15) is 13.2 Å². The van der Waals surface area contributed by atoms with Crippen molar-refractivity contribution in [2.45, 2.75) is 11.5 Å². The summed E-state index contributed by atoms with van der Waals surface area (Å²) in [5, 5.41) is 0.786. The van der Waals surface area contributed by atoms with Crippen LogP contribution in [-0.2, 0) is 21.0 Å². The third-order valence-electron chi connectivity index (χ3n) is 4.67. The highest BCUT2D eigenvalue weighted by molar-refractivity contribution is 9.08. The third kappa shape index (κ3) is 5.00. The molecule has 0 spiro atoms. The summed E-state index contributed by atoms with van der Waals surface area (Å²) in [5.41, 5.74) is 0.458. The molecule has 3 rings (SSSR count). The maximum absolute atomic E-state index is 13.3. The largest absolute Gasteiger partial charge is 0.490 e. The normalized spacial score (nSPS) is 11.6. The predicted octanol–water partition coefficient (Wildman–Crippen LogP) is 6.28. The van der Waals surface area contributed by atoms with Crippen molar-refractivity contribution in [1.29, 1.82) is 0 Å². The number of carbonyl (C=O) groups excluding carboxylic acids is 1. The molecule has 0 aliphatic carbocycles. The number of fused-ring (bicyclic) bond motifs is 1. The number of pyridine rings is 1. The molecule has 170 valence electrons. The van der Waals surface area contributed by atoms with Crippen molar-refractivity contribution in [3.63, 3.8) is 0 Å². The van der Waals surface area contributed by atoms with E-state index in [1.54, 1.807) is 0 Å². The Labute approximate surface area is 195 Å². The molecule has 0 fully saturated rings. The van der Waals surface area contributed by atoms with Gasteiger partial charge in [-0.3, -0.25) is 0 Å². The second kappa shape index (κ2) is 10.1. The number of benzene rings is 2. The van der Waals surface area contributed by atoms with Gasteiger partial charge in [0.05, 0.1) is 41.1 Å². The van der Waals surface area contributed by atoms with Gasteiger partial charge in [-0.15, -0.1) is 0 Å². The monoisotopic (exact) mass is 531 g/mol. The zero-order chi connectivity index (χ0) is 23.5. The number of alkyl halides is 4. The van der Waals surface area contributed by atoms with Gasteiger partial charge in [0.2, 0.25) is 0 Å². The zero-order valence-electron chi connectivity index (χ0n) is 17.1. The average molecular weight is 533 g/mol. The lowest BCUT2D eigenvalue weighted by molar-refractivity contribution is -0.137. The molecule has 0 N–H and O–H groups in total. The molecule has 32 heavy (non-hydrogen) atoms. The lowest BCUT2D eigenvalue weighted by Crippen LogP contribution is -2.10. The maximum Gasteiger partial charge on any atom is 0.416 e. The topological polar surface area (TPSA) is 57.7 Å². The van der Waals surface area contributed by atoms with E-state index in [-0.39, 0.29) is 33.8 Å². The smallest absolute Gasteiger partial charge is 0.416 e. The highest BCUT2D eigenvalue weighted by atomic mass is 79.9. The number of carbonyl (C=O) groups is 1. The maximum atomic E-state index is 13.3. The minimum absolute atomic E-state index is 0.148. The molecule has 0 amide bonds. The molecule has 3 aromatic rings. The summed E-state index contributed by atoms with van der Waals surface area (Å²) in [4.78, 5) is 17.3. The first-order valence-electron chi connectivity index (χ1n) is 9.31. The van der Waals surface area contributed by atoms with Crippen molar-refractivity contribution in [3.05, 3.63) is 58.1 Å². The standard InChI is InChI=1S/C22H18BrClF3NO4/c1-30-6-7-32-18-10-17-14(9-16(18)24)19(21(29)31-2)15(11-23)20(28-17)12-4-3-5-13(8-12)22(25,26)27/h3-5,8-10H,6-7,11H2,1-2H3. The first-order chi connectivity index (χ1) is 15.2. The zero-order valence-corrected chi connectivity index (χ0v) is 19.4. The average Bonchev–Trinajstić information content (AvgIpc) is 2.77. The molecule has 1 aromatic heterocycles. The van der Waals surface area contributed by atoms with Crippen LogP contribution in [0.5, 0.6) is 5.75 Å². The number of methoxy groups -OCH3 is 2. The second-order valence-corrected chi connectivity index (χ2v) is 7.63. The molecular weight excluding hydrogens is 515 g/mol. The highest BCUT2D eigenvalue weighted by Gasteiger charge is 2.31. The Hall–Kier alpha value is -2.36. The summed E-state index contributed by atoms with van der Waals surface area (Å²) in [5.74, 6) is -0.356. The summed E-state index contributed by atoms with van der Waals surface area (Å²) < 4.78 is 55.4. The highest BCUT2D eigenvalue weighted by Crippen LogP contribution is 2.38. The first-order valence-corrected chi connectivity index (χ1v) is 10.8. The Morgan fingerprint density at radius 3 is 2.53 bits per heavy atom. The van der Waals surface area contributed by atoms with E-state index in [4.69, 9.17) is 25.8 Å². The van der Waals surface area contributed by atoms with E-state index in [0.29, 0.717) is 28.8 Å². The van der Waals surface area contributed by atoms with E-state index in [1.807, 2.05) is 0 Å². The van der Waals surface area contributed by atoms with Crippen LogP contribution in [0.1, 0.15) is 21.5 Å². The molecule has 0 unspecified atom stereocenters. The van der Waals surface area contributed by atoms with Gasteiger partial charge in [-0.05, 0) is 18.2 Å². The van der Waals surface area contributed by atoms with Gasteiger partial charge in [0, 0.05) is 35.0 Å². The predicted molar refractivity (Wildman–Crippen MR) is 119 cm³/mol. The molecule has 0 saturated carbocycles. The summed E-state index contributed by atoms with van der Waals surface area (Å²) >= 11 is 9.67. The van der Waals surface area contributed by atoms with Crippen LogP contribution in [0.25, 0.3) is 22.2 Å². The number of esters is 1. The lowest BCUT2D eigenvalue weighted by atomic mass is 9.96. The minimum Gasteiger partial charge on any atom is -0.490 e.